The smallest absolute Gasteiger partial charge is 0.314 e. The van der Waals surface area contributed by atoms with E-state index in [9.17, 15) is 13.2 Å². The van der Waals surface area contributed by atoms with E-state index in [4.69, 9.17) is 11.6 Å². The van der Waals surface area contributed by atoms with E-state index < -0.39 is 11.7 Å². The summed E-state index contributed by atoms with van der Waals surface area (Å²) >= 11 is 5.63. The van der Waals surface area contributed by atoms with Crippen LogP contribution in [0.4, 0.5) is 13.2 Å². The Hall–Kier alpha value is -0.490. The fraction of sp³-hybridized carbons (Fsp3) is 0.538. The average molecular weight is 329 g/mol. The maximum absolute atomic E-state index is 12.8. The van der Waals surface area contributed by atoms with Gasteiger partial charge in [-0.3, -0.25) is 4.90 Å². The van der Waals surface area contributed by atoms with Crippen LogP contribution in [0.5, 0.6) is 0 Å². The number of benzene rings is 1. The van der Waals surface area contributed by atoms with E-state index in [1.54, 1.807) is 6.07 Å². The molecular formula is C13H17Cl2F3N2. The molecule has 0 radical (unpaired) electrons. The Morgan fingerprint density at radius 2 is 1.85 bits per heavy atom. The third-order valence-corrected chi connectivity index (χ3v) is 3.81. The van der Waals surface area contributed by atoms with Gasteiger partial charge in [0.1, 0.15) is 0 Å². The highest BCUT2D eigenvalue weighted by Gasteiger charge is 2.34. The second-order valence-corrected chi connectivity index (χ2v) is 5.11. The molecule has 1 saturated heterocycles. The van der Waals surface area contributed by atoms with E-state index in [0.29, 0.717) is 5.56 Å². The summed E-state index contributed by atoms with van der Waals surface area (Å²) in [6.07, 6.45) is -4.41. The highest BCUT2D eigenvalue weighted by molar-refractivity contribution is 6.31. The molecule has 1 fully saturated rings. The highest BCUT2D eigenvalue weighted by Crippen LogP contribution is 2.36. The van der Waals surface area contributed by atoms with Gasteiger partial charge in [0, 0.05) is 32.2 Å². The fourth-order valence-corrected chi connectivity index (χ4v) is 2.52. The minimum Gasteiger partial charge on any atom is -0.314 e. The second kappa shape index (κ2) is 6.98. The fourth-order valence-electron chi connectivity index (χ4n) is 2.30. The normalized spacial score (nSPS) is 18.4. The Labute approximate surface area is 127 Å². The number of rotatable bonds is 2. The lowest BCUT2D eigenvalue weighted by atomic mass is 10.0. The third-order valence-electron chi connectivity index (χ3n) is 3.48. The maximum atomic E-state index is 12.8. The van der Waals surface area contributed by atoms with Crippen LogP contribution in [0.1, 0.15) is 24.1 Å². The third kappa shape index (κ3) is 4.01. The monoisotopic (exact) mass is 328 g/mol. The number of hydrogen-bond acceptors (Lipinski definition) is 2. The number of nitrogens with one attached hydrogen (secondary N) is 1. The standard InChI is InChI=1S/C13H16ClF3N2.ClH/c1-9(19-6-4-18-5-7-19)10-2-3-12(14)11(8-10)13(15,16)17;/h2-3,8-9,18H,4-7H2,1H3;1H/t9-;/m1./s1. The van der Waals surface area contributed by atoms with Gasteiger partial charge in [-0.1, -0.05) is 17.7 Å². The Morgan fingerprint density at radius 1 is 1.25 bits per heavy atom. The molecular weight excluding hydrogens is 312 g/mol. The molecule has 0 aliphatic carbocycles. The molecule has 2 nitrogen and oxygen atoms in total. The molecule has 114 valence electrons. The maximum Gasteiger partial charge on any atom is 0.417 e. The zero-order valence-electron chi connectivity index (χ0n) is 11.0. The molecule has 2 rings (SSSR count). The van der Waals surface area contributed by atoms with Gasteiger partial charge >= 0.3 is 6.18 Å². The van der Waals surface area contributed by atoms with Gasteiger partial charge in [-0.05, 0) is 24.6 Å². The van der Waals surface area contributed by atoms with Crippen molar-refractivity contribution >= 4 is 24.0 Å². The molecule has 0 bridgehead atoms. The Morgan fingerprint density at radius 3 is 2.40 bits per heavy atom. The van der Waals surface area contributed by atoms with Crippen LogP contribution >= 0.6 is 24.0 Å². The van der Waals surface area contributed by atoms with Crippen molar-refractivity contribution in [1.29, 1.82) is 0 Å². The Kier molecular flexibility index (Phi) is 6.13. The predicted molar refractivity (Wildman–Crippen MR) is 76.6 cm³/mol. The van der Waals surface area contributed by atoms with Crippen molar-refractivity contribution in [2.45, 2.75) is 19.1 Å². The summed E-state index contributed by atoms with van der Waals surface area (Å²) in [5.41, 5.74) is -0.104. The van der Waals surface area contributed by atoms with Crippen molar-refractivity contribution in [3.05, 3.63) is 34.3 Å². The van der Waals surface area contributed by atoms with Gasteiger partial charge in [-0.25, -0.2) is 0 Å². The van der Waals surface area contributed by atoms with Crippen LogP contribution in [0.2, 0.25) is 5.02 Å². The molecule has 1 aromatic rings. The van der Waals surface area contributed by atoms with E-state index in [1.807, 2.05) is 6.92 Å². The quantitative estimate of drug-likeness (QED) is 0.889. The average Bonchev–Trinajstić information content (AvgIpc) is 2.38. The van der Waals surface area contributed by atoms with Crippen molar-refractivity contribution in [2.75, 3.05) is 26.2 Å². The van der Waals surface area contributed by atoms with Crippen LogP contribution in [0, 0.1) is 0 Å². The molecule has 0 amide bonds. The molecule has 0 spiro atoms. The summed E-state index contributed by atoms with van der Waals surface area (Å²) < 4.78 is 38.5. The molecule has 20 heavy (non-hydrogen) atoms. The molecule has 7 heteroatoms. The molecule has 1 aromatic carbocycles. The second-order valence-electron chi connectivity index (χ2n) is 4.70. The highest BCUT2D eigenvalue weighted by atomic mass is 35.5. The summed E-state index contributed by atoms with van der Waals surface area (Å²) in [6, 6.07) is 4.12. The van der Waals surface area contributed by atoms with E-state index in [0.717, 1.165) is 32.2 Å². The first-order chi connectivity index (χ1) is 8.89. The molecule has 1 N–H and O–H groups in total. The first kappa shape index (κ1) is 17.6. The Balaban J connectivity index is 0.00000200. The topological polar surface area (TPSA) is 15.3 Å². The first-order valence-corrected chi connectivity index (χ1v) is 6.59. The molecule has 0 saturated carbocycles. The SMILES string of the molecule is C[C@H](c1ccc(Cl)c(C(F)(F)F)c1)N1CCNCC1.Cl. The van der Waals surface area contributed by atoms with Crippen LogP contribution in [0.25, 0.3) is 0 Å². The molecule has 1 aliphatic heterocycles. The van der Waals surface area contributed by atoms with Crippen molar-refractivity contribution in [3.63, 3.8) is 0 Å². The van der Waals surface area contributed by atoms with E-state index >= 15 is 0 Å². The van der Waals surface area contributed by atoms with Crippen LogP contribution in [-0.4, -0.2) is 31.1 Å². The molecule has 0 unspecified atom stereocenters. The van der Waals surface area contributed by atoms with Gasteiger partial charge < -0.3 is 5.32 Å². The number of piperazine rings is 1. The van der Waals surface area contributed by atoms with Gasteiger partial charge in [-0.15, -0.1) is 12.4 Å². The van der Waals surface area contributed by atoms with Crippen molar-refractivity contribution in [3.8, 4) is 0 Å². The summed E-state index contributed by atoms with van der Waals surface area (Å²) in [5.74, 6) is 0. The number of hydrogen-bond donors (Lipinski definition) is 1. The Bertz CT molecular complexity index is 446. The van der Waals surface area contributed by atoms with Crippen LogP contribution in [-0.2, 0) is 6.18 Å². The van der Waals surface area contributed by atoms with Crippen molar-refractivity contribution in [1.82, 2.24) is 10.2 Å². The largest absolute Gasteiger partial charge is 0.417 e. The van der Waals surface area contributed by atoms with Crippen LogP contribution in [0.15, 0.2) is 18.2 Å². The minimum absolute atomic E-state index is 0. The van der Waals surface area contributed by atoms with Crippen molar-refractivity contribution < 1.29 is 13.2 Å². The lowest BCUT2D eigenvalue weighted by Gasteiger charge is -2.33. The lowest BCUT2D eigenvalue weighted by Crippen LogP contribution is -2.44. The van der Waals surface area contributed by atoms with Gasteiger partial charge in [-0.2, -0.15) is 13.2 Å². The number of halogens is 5. The molecule has 1 heterocycles. The van der Waals surface area contributed by atoms with E-state index in [2.05, 4.69) is 10.2 Å². The molecule has 0 aromatic heterocycles. The zero-order chi connectivity index (χ0) is 14.0. The molecule has 1 atom stereocenters. The van der Waals surface area contributed by atoms with E-state index in [1.165, 1.54) is 6.07 Å². The number of alkyl halides is 3. The summed E-state index contributed by atoms with van der Waals surface area (Å²) in [7, 11) is 0. The van der Waals surface area contributed by atoms with Gasteiger partial charge in [0.2, 0.25) is 0 Å². The summed E-state index contributed by atoms with van der Waals surface area (Å²) in [4.78, 5) is 2.17. The van der Waals surface area contributed by atoms with Gasteiger partial charge in [0.05, 0.1) is 10.6 Å². The van der Waals surface area contributed by atoms with Gasteiger partial charge in [0.25, 0.3) is 0 Å². The summed E-state index contributed by atoms with van der Waals surface area (Å²) in [5, 5.41) is 2.98. The predicted octanol–water partition coefficient (Wildman–Crippen LogP) is 3.75. The first-order valence-electron chi connectivity index (χ1n) is 6.21. The molecule has 1 aliphatic rings. The van der Waals surface area contributed by atoms with Crippen molar-refractivity contribution in [2.24, 2.45) is 0 Å². The van der Waals surface area contributed by atoms with Crippen LogP contribution in [0.3, 0.4) is 0 Å². The summed E-state index contributed by atoms with van der Waals surface area (Å²) in [6.45, 7) is 5.33. The van der Waals surface area contributed by atoms with Gasteiger partial charge in [0.15, 0.2) is 0 Å². The van der Waals surface area contributed by atoms with Crippen LogP contribution < -0.4 is 5.32 Å². The number of nitrogens with zero attached hydrogens (tertiary/aromatic N) is 1. The van der Waals surface area contributed by atoms with E-state index in [-0.39, 0.29) is 23.5 Å². The lowest BCUT2D eigenvalue weighted by molar-refractivity contribution is -0.137. The minimum atomic E-state index is -4.41. The zero-order valence-corrected chi connectivity index (χ0v) is 12.6.